The summed E-state index contributed by atoms with van der Waals surface area (Å²) in [4.78, 5) is 11.2. The summed E-state index contributed by atoms with van der Waals surface area (Å²) in [7, 11) is 0. The van der Waals surface area contributed by atoms with Gasteiger partial charge >= 0.3 is 0 Å². The maximum absolute atomic E-state index is 8.97. The second kappa shape index (κ2) is 7.28. The lowest BCUT2D eigenvalue weighted by Gasteiger charge is -2.25. The minimum Gasteiger partial charge on any atom is -0.396 e. The minimum absolute atomic E-state index is 0.275. The molecule has 0 bridgehead atoms. The first kappa shape index (κ1) is 14.1. The summed E-state index contributed by atoms with van der Waals surface area (Å²) in [6, 6.07) is 2.50. The van der Waals surface area contributed by atoms with E-state index in [1.165, 1.54) is 12.8 Å². The number of nitrogens with one attached hydrogen (secondary N) is 1. The van der Waals surface area contributed by atoms with Crippen molar-refractivity contribution >= 4 is 11.8 Å². The first-order valence-corrected chi connectivity index (χ1v) is 7.29. The number of nitrogens with zero attached hydrogens (tertiary/aromatic N) is 3. The van der Waals surface area contributed by atoms with E-state index in [1.807, 2.05) is 12.3 Å². The zero-order valence-corrected chi connectivity index (χ0v) is 11.7. The number of hydrogen-bond donors (Lipinski definition) is 2. The second-order valence-electron chi connectivity index (χ2n) is 5.02. The van der Waals surface area contributed by atoms with E-state index in [0.717, 1.165) is 38.2 Å². The molecule has 2 rings (SSSR count). The maximum Gasteiger partial charge on any atom is 0.224 e. The van der Waals surface area contributed by atoms with E-state index in [2.05, 4.69) is 27.1 Å². The van der Waals surface area contributed by atoms with Crippen molar-refractivity contribution in [1.29, 1.82) is 0 Å². The number of hydrogen-bond acceptors (Lipinski definition) is 5. The number of aromatic nitrogens is 2. The summed E-state index contributed by atoms with van der Waals surface area (Å²) in [5.41, 5.74) is 0. The van der Waals surface area contributed by atoms with Crippen molar-refractivity contribution in [3.63, 3.8) is 0 Å². The van der Waals surface area contributed by atoms with Crippen LogP contribution in [0.15, 0.2) is 12.3 Å². The molecular weight excluding hydrogens is 240 g/mol. The van der Waals surface area contributed by atoms with Gasteiger partial charge in [-0.1, -0.05) is 6.92 Å². The van der Waals surface area contributed by atoms with Crippen molar-refractivity contribution in [2.24, 2.45) is 0 Å². The Balaban J connectivity index is 2.03. The molecule has 2 N–H and O–H groups in total. The van der Waals surface area contributed by atoms with Gasteiger partial charge in [-0.25, -0.2) is 4.98 Å². The summed E-state index contributed by atoms with van der Waals surface area (Å²) in [6.07, 6.45) is 7.20. The van der Waals surface area contributed by atoms with Crippen LogP contribution >= 0.6 is 0 Å². The number of rotatable bonds is 7. The Morgan fingerprint density at radius 1 is 1.53 bits per heavy atom. The van der Waals surface area contributed by atoms with Crippen molar-refractivity contribution in [3.05, 3.63) is 12.3 Å². The third-order valence-electron chi connectivity index (χ3n) is 3.54. The van der Waals surface area contributed by atoms with Gasteiger partial charge in [-0.3, -0.25) is 0 Å². The molecule has 0 aromatic carbocycles. The average molecular weight is 264 g/mol. The van der Waals surface area contributed by atoms with Gasteiger partial charge in [0.2, 0.25) is 5.95 Å². The fourth-order valence-electron chi connectivity index (χ4n) is 2.60. The molecule has 0 amide bonds. The largest absolute Gasteiger partial charge is 0.396 e. The Kier molecular flexibility index (Phi) is 5.39. The molecule has 1 aromatic rings. The summed E-state index contributed by atoms with van der Waals surface area (Å²) >= 11 is 0. The van der Waals surface area contributed by atoms with Crippen molar-refractivity contribution in [3.8, 4) is 0 Å². The molecule has 0 aliphatic carbocycles. The van der Waals surface area contributed by atoms with E-state index >= 15 is 0 Å². The van der Waals surface area contributed by atoms with Crippen LogP contribution < -0.4 is 10.2 Å². The molecule has 0 radical (unpaired) electrons. The molecule has 19 heavy (non-hydrogen) atoms. The Hall–Kier alpha value is -1.36. The van der Waals surface area contributed by atoms with Gasteiger partial charge in [0.15, 0.2) is 0 Å². The van der Waals surface area contributed by atoms with Crippen LogP contribution in [0, 0.1) is 0 Å². The van der Waals surface area contributed by atoms with Crippen LogP contribution in [0.25, 0.3) is 0 Å². The molecule has 1 aliphatic heterocycles. The zero-order valence-electron chi connectivity index (χ0n) is 11.7. The van der Waals surface area contributed by atoms with Crippen LogP contribution in [0.1, 0.15) is 39.0 Å². The van der Waals surface area contributed by atoms with E-state index < -0.39 is 0 Å². The summed E-state index contributed by atoms with van der Waals surface area (Å²) in [6.45, 7) is 4.36. The van der Waals surface area contributed by atoms with Crippen LogP contribution in [0.3, 0.4) is 0 Å². The highest BCUT2D eigenvalue weighted by Crippen LogP contribution is 2.26. The van der Waals surface area contributed by atoms with Crippen molar-refractivity contribution in [2.45, 2.75) is 45.1 Å². The summed E-state index contributed by atoms with van der Waals surface area (Å²) < 4.78 is 0. The normalized spacial score (nSPS) is 18.8. The van der Waals surface area contributed by atoms with Gasteiger partial charge in [-0.2, -0.15) is 4.98 Å². The molecule has 1 unspecified atom stereocenters. The molecule has 0 spiro atoms. The number of aliphatic hydroxyl groups is 1. The van der Waals surface area contributed by atoms with Crippen molar-refractivity contribution in [1.82, 2.24) is 9.97 Å². The van der Waals surface area contributed by atoms with Crippen LogP contribution in [-0.4, -0.2) is 40.8 Å². The molecule has 1 aliphatic rings. The number of aliphatic hydroxyl groups excluding tert-OH is 1. The van der Waals surface area contributed by atoms with Crippen molar-refractivity contribution in [2.75, 3.05) is 29.9 Å². The molecule has 1 fully saturated rings. The molecular formula is C14H24N4O. The first-order valence-electron chi connectivity index (χ1n) is 7.29. The van der Waals surface area contributed by atoms with E-state index in [1.54, 1.807) is 0 Å². The molecule has 1 aromatic heterocycles. The highest BCUT2D eigenvalue weighted by atomic mass is 16.2. The lowest BCUT2D eigenvalue weighted by Crippen LogP contribution is -2.30. The highest BCUT2D eigenvalue weighted by Gasteiger charge is 2.25. The smallest absolute Gasteiger partial charge is 0.224 e. The summed E-state index contributed by atoms with van der Waals surface area (Å²) in [5, 5.41) is 12.2. The predicted molar refractivity (Wildman–Crippen MR) is 77.5 cm³/mol. The lowest BCUT2D eigenvalue weighted by atomic mass is 10.1. The van der Waals surface area contributed by atoms with Gasteiger partial charge in [0, 0.05) is 31.9 Å². The minimum atomic E-state index is 0.275. The molecule has 5 nitrogen and oxygen atoms in total. The molecule has 1 saturated heterocycles. The quantitative estimate of drug-likeness (QED) is 0.789. The predicted octanol–water partition coefficient (Wildman–Crippen LogP) is 2.04. The number of anilines is 2. The van der Waals surface area contributed by atoms with Crippen LogP contribution in [-0.2, 0) is 0 Å². The highest BCUT2D eigenvalue weighted by molar-refractivity contribution is 5.44. The van der Waals surface area contributed by atoms with Gasteiger partial charge in [-0.15, -0.1) is 0 Å². The summed E-state index contributed by atoms with van der Waals surface area (Å²) in [5.74, 6) is 1.72. The van der Waals surface area contributed by atoms with E-state index in [9.17, 15) is 0 Å². The zero-order chi connectivity index (χ0) is 13.5. The second-order valence-corrected chi connectivity index (χ2v) is 5.02. The standard InChI is InChI=1S/C14H24N4O/c1-2-8-15-14-16-9-7-13(17-14)18-10-3-5-12(18)6-4-11-19/h7,9,12,19H,2-6,8,10-11H2,1H3,(H,15,16,17). The Morgan fingerprint density at radius 2 is 2.42 bits per heavy atom. The molecule has 0 saturated carbocycles. The third kappa shape index (κ3) is 3.80. The SMILES string of the molecule is CCCNc1nccc(N2CCCC2CCCO)n1. The third-order valence-corrected chi connectivity index (χ3v) is 3.54. The Labute approximate surface area is 115 Å². The van der Waals surface area contributed by atoms with Gasteiger partial charge in [0.1, 0.15) is 5.82 Å². The molecule has 106 valence electrons. The van der Waals surface area contributed by atoms with Gasteiger partial charge < -0.3 is 15.3 Å². The monoisotopic (exact) mass is 264 g/mol. The lowest BCUT2D eigenvalue weighted by molar-refractivity contribution is 0.279. The van der Waals surface area contributed by atoms with Gasteiger partial charge in [0.05, 0.1) is 0 Å². The Bertz CT molecular complexity index is 385. The maximum atomic E-state index is 8.97. The fraction of sp³-hybridized carbons (Fsp3) is 0.714. The van der Waals surface area contributed by atoms with Crippen LogP contribution in [0.5, 0.6) is 0 Å². The average Bonchev–Trinajstić information content (AvgIpc) is 2.91. The van der Waals surface area contributed by atoms with Crippen LogP contribution in [0.4, 0.5) is 11.8 Å². The first-order chi connectivity index (χ1) is 9.35. The van der Waals surface area contributed by atoms with E-state index in [4.69, 9.17) is 5.11 Å². The van der Waals surface area contributed by atoms with Gasteiger partial charge in [0.25, 0.3) is 0 Å². The topological polar surface area (TPSA) is 61.3 Å². The Morgan fingerprint density at radius 3 is 3.21 bits per heavy atom. The van der Waals surface area contributed by atoms with E-state index in [0.29, 0.717) is 12.0 Å². The van der Waals surface area contributed by atoms with Crippen LogP contribution in [0.2, 0.25) is 0 Å². The van der Waals surface area contributed by atoms with E-state index in [-0.39, 0.29) is 6.61 Å². The molecule has 5 heteroatoms. The van der Waals surface area contributed by atoms with Crippen molar-refractivity contribution < 1.29 is 5.11 Å². The molecule has 2 heterocycles. The fourth-order valence-corrected chi connectivity index (χ4v) is 2.60. The van der Waals surface area contributed by atoms with Gasteiger partial charge in [-0.05, 0) is 38.2 Å². The molecule has 1 atom stereocenters.